The van der Waals surface area contributed by atoms with Crippen molar-refractivity contribution in [3.8, 4) is 11.3 Å². The second kappa shape index (κ2) is 6.91. The first kappa shape index (κ1) is 15.7. The highest BCUT2D eigenvalue weighted by Gasteiger charge is 2.25. The van der Waals surface area contributed by atoms with Crippen molar-refractivity contribution in [1.82, 2.24) is 10.1 Å². The molecule has 122 valence electrons. The molecular weight excluding hydrogens is 297 g/mol. The third-order valence-corrected chi connectivity index (χ3v) is 4.26. The number of carbonyl (C=O) groups is 1. The summed E-state index contributed by atoms with van der Waals surface area (Å²) in [6.45, 7) is 0.721. The van der Waals surface area contributed by atoms with Gasteiger partial charge in [-0.25, -0.2) is 4.39 Å². The predicted octanol–water partition coefficient (Wildman–Crippen LogP) is 2.71. The lowest BCUT2D eigenvalue weighted by molar-refractivity contribution is -0.119. The quantitative estimate of drug-likeness (QED) is 0.889. The molecule has 1 aliphatic rings. The summed E-state index contributed by atoms with van der Waals surface area (Å²) in [5.41, 5.74) is 6.82. The monoisotopic (exact) mass is 317 g/mol. The van der Waals surface area contributed by atoms with Crippen molar-refractivity contribution in [3.05, 3.63) is 41.9 Å². The molecule has 2 aromatic rings. The highest BCUT2D eigenvalue weighted by Crippen LogP contribution is 2.26. The van der Waals surface area contributed by atoms with Crippen LogP contribution in [0.15, 0.2) is 34.9 Å². The molecule has 23 heavy (non-hydrogen) atoms. The van der Waals surface area contributed by atoms with Gasteiger partial charge in [0.25, 0.3) is 0 Å². The van der Waals surface area contributed by atoms with Crippen molar-refractivity contribution < 1.29 is 13.7 Å². The van der Waals surface area contributed by atoms with E-state index in [1.54, 1.807) is 12.1 Å². The second-order valence-electron chi connectivity index (χ2n) is 5.99. The SMILES string of the molecule is NC(=O)CN(Cc1cc(-c2ccc(F)cc2)no1)C1CCCC1. The molecule has 1 aliphatic carbocycles. The molecule has 0 radical (unpaired) electrons. The molecule has 2 N–H and O–H groups in total. The van der Waals surface area contributed by atoms with Crippen LogP contribution in [0.1, 0.15) is 31.4 Å². The fraction of sp³-hybridized carbons (Fsp3) is 0.412. The van der Waals surface area contributed by atoms with Crippen LogP contribution in [0, 0.1) is 5.82 Å². The topological polar surface area (TPSA) is 72.4 Å². The lowest BCUT2D eigenvalue weighted by Gasteiger charge is -2.26. The Labute approximate surface area is 134 Å². The van der Waals surface area contributed by atoms with E-state index in [-0.39, 0.29) is 18.3 Å². The third-order valence-electron chi connectivity index (χ3n) is 4.26. The number of primary amides is 1. The van der Waals surface area contributed by atoms with Crippen molar-refractivity contribution in [1.29, 1.82) is 0 Å². The van der Waals surface area contributed by atoms with Gasteiger partial charge < -0.3 is 10.3 Å². The molecule has 0 unspecified atom stereocenters. The fourth-order valence-corrected chi connectivity index (χ4v) is 3.13. The maximum atomic E-state index is 13.0. The van der Waals surface area contributed by atoms with Crippen molar-refractivity contribution in [2.24, 2.45) is 5.73 Å². The normalized spacial score (nSPS) is 15.4. The van der Waals surface area contributed by atoms with Crippen LogP contribution >= 0.6 is 0 Å². The first-order chi connectivity index (χ1) is 11.1. The Bertz CT molecular complexity index is 663. The molecule has 1 saturated carbocycles. The van der Waals surface area contributed by atoms with Gasteiger partial charge in [0.2, 0.25) is 5.91 Å². The summed E-state index contributed by atoms with van der Waals surface area (Å²) < 4.78 is 18.4. The summed E-state index contributed by atoms with van der Waals surface area (Å²) in [4.78, 5) is 13.4. The number of carbonyl (C=O) groups excluding carboxylic acids is 1. The Morgan fingerprint density at radius 2 is 2.00 bits per heavy atom. The van der Waals surface area contributed by atoms with Crippen LogP contribution in [-0.4, -0.2) is 28.6 Å². The van der Waals surface area contributed by atoms with Crippen molar-refractivity contribution in [2.75, 3.05) is 6.54 Å². The molecule has 0 spiro atoms. The van der Waals surface area contributed by atoms with E-state index in [0.717, 1.165) is 18.4 Å². The maximum absolute atomic E-state index is 13.0. The lowest BCUT2D eigenvalue weighted by Crippen LogP contribution is -2.39. The highest BCUT2D eigenvalue weighted by atomic mass is 19.1. The minimum atomic E-state index is -0.338. The molecule has 1 amide bonds. The minimum Gasteiger partial charge on any atom is -0.369 e. The zero-order valence-electron chi connectivity index (χ0n) is 12.9. The summed E-state index contributed by atoms with van der Waals surface area (Å²) in [5, 5.41) is 4.03. The largest absolute Gasteiger partial charge is 0.369 e. The zero-order valence-corrected chi connectivity index (χ0v) is 12.9. The molecule has 0 aliphatic heterocycles. The number of aromatic nitrogens is 1. The van der Waals surface area contributed by atoms with E-state index < -0.39 is 0 Å². The summed E-state index contributed by atoms with van der Waals surface area (Å²) in [6.07, 6.45) is 4.51. The first-order valence-electron chi connectivity index (χ1n) is 7.86. The summed E-state index contributed by atoms with van der Waals surface area (Å²) in [7, 11) is 0. The highest BCUT2D eigenvalue weighted by molar-refractivity contribution is 5.76. The van der Waals surface area contributed by atoms with E-state index in [4.69, 9.17) is 10.3 Å². The number of hydrogen-bond donors (Lipinski definition) is 1. The molecule has 1 heterocycles. The number of benzene rings is 1. The van der Waals surface area contributed by atoms with E-state index in [1.807, 2.05) is 6.07 Å². The predicted molar refractivity (Wildman–Crippen MR) is 83.8 cm³/mol. The van der Waals surface area contributed by atoms with Gasteiger partial charge in [0.15, 0.2) is 5.76 Å². The molecule has 6 heteroatoms. The fourth-order valence-electron chi connectivity index (χ4n) is 3.13. The van der Waals surface area contributed by atoms with Gasteiger partial charge in [-0.3, -0.25) is 9.69 Å². The van der Waals surface area contributed by atoms with Gasteiger partial charge in [-0.1, -0.05) is 18.0 Å². The lowest BCUT2D eigenvalue weighted by atomic mass is 10.1. The molecule has 0 bridgehead atoms. The summed E-state index contributed by atoms with van der Waals surface area (Å²) in [6, 6.07) is 8.30. The Kier molecular flexibility index (Phi) is 4.71. The number of amides is 1. The molecule has 3 rings (SSSR count). The summed E-state index contributed by atoms with van der Waals surface area (Å²) in [5.74, 6) is 0.0546. The molecule has 1 fully saturated rings. The van der Waals surface area contributed by atoms with Crippen LogP contribution in [0.25, 0.3) is 11.3 Å². The Hall–Kier alpha value is -2.21. The van der Waals surface area contributed by atoms with Crippen molar-refractivity contribution in [3.63, 3.8) is 0 Å². The molecule has 1 aromatic heterocycles. The van der Waals surface area contributed by atoms with Gasteiger partial charge >= 0.3 is 0 Å². The second-order valence-corrected chi connectivity index (χ2v) is 5.99. The van der Waals surface area contributed by atoms with E-state index in [2.05, 4.69) is 10.1 Å². The van der Waals surface area contributed by atoms with Gasteiger partial charge in [0.05, 0.1) is 13.1 Å². The Morgan fingerprint density at radius 3 is 2.65 bits per heavy atom. The van der Waals surface area contributed by atoms with Crippen LogP contribution in [0.3, 0.4) is 0 Å². The number of rotatable bonds is 6. The standard InChI is InChI=1S/C17H20FN3O2/c18-13-7-5-12(6-8-13)16-9-15(23-20-16)10-21(11-17(19)22)14-3-1-2-4-14/h5-9,14H,1-4,10-11H2,(H2,19,22). The summed E-state index contributed by atoms with van der Waals surface area (Å²) >= 11 is 0. The van der Waals surface area contributed by atoms with Gasteiger partial charge in [-0.05, 0) is 37.1 Å². The van der Waals surface area contributed by atoms with E-state index in [0.29, 0.717) is 24.0 Å². The maximum Gasteiger partial charge on any atom is 0.231 e. The van der Waals surface area contributed by atoms with Gasteiger partial charge in [-0.15, -0.1) is 0 Å². The minimum absolute atomic E-state index is 0.219. The average Bonchev–Trinajstić information content (AvgIpc) is 3.18. The van der Waals surface area contributed by atoms with Crippen LogP contribution in [0.4, 0.5) is 4.39 Å². The number of halogens is 1. The number of hydrogen-bond acceptors (Lipinski definition) is 4. The van der Waals surface area contributed by atoms with Crippen LogP contribution in [0.2, 0.25) is 0 Å². The Balaban J connectivity index is 1.73. The molecule has 5 nitrogen and oxygen atoms in total. The van der Waals surface area contributed by atoms with Crippen LogP contribution < -0.4 is 5.73 Å². The van der Waals surface area contributed by atoms with Gasteiger partial charge in [0.1, 0.15) is 11.5 Å². The first-order valence-corrected chi connectivity index (χ1v) is 7.86. The number of nitrogens with zero attached hydrogens (tertiary/aromatic N) is 2. The number of nitrogens with two attached hydrogens (primary N) is 1. The average molecular weight is 317 g/mol. The molecular formula is C17H20FN3O2. The van der Waals surface area contributed by atoms with Crippen molar-refractivity contribution >= 4 is 5.91 Å². The van der Waals surface area contributed by atoms with Gasteiger partial charge in [0, 0.05) is 17.7 Å². The van der Waals surface area contributed by atoms with Crippen LogP contribution in [-0.2, 0) is 11.3 Å². The van der Waals surface area contributed by atoms with Crippen LogP contribution in [0.5, 0.6) is 0 Å². The zero-order chi connectivity index (χ0) is 16.2. The molecule has 0 saturated heterocycles. The van der Waals surface area contributed by atoms with E-state index in [1.165, 1.54) is 25.0 Å². The van der Waals surface area contributed by atoms with E-state index >= 15 is 0 Å². The third kappa shape index (κ3) is 3.96. The molecule has 0 atom stereocenters. The van der Waals surface area contributed by atoms with Crippen molar-refractivity contribution in [2.45, 2.75) is 38.3 Å². The Morgan fingerprint density at radius 1 is 1.30 bits per heavy atom. The molecule has 1 aromatic carbocycles. The smallest absolute Gasteiger partial charge is 0.231 e. The van der Waals surface area contributed by atoms with E-state index in [9.17, 15) is 9.18 Å². The van der Waals surface area contributed by atoms with Gasteiger partial charge in [-0.2, -0.15) is 0 Å².